The van der Waals surface area contributed by atoms with Crippen molar-refractivity contribution in [3.63, 3.8) is 0 Å². The van der Waals surface area contributed by atoms with E-state index in [1.54, 1.807) is 0 Å². The molecular formula is C18H9F7O3. The Kier molecular flexibility index (Phi) is 5.91. The van der Waals surface area contributed by atoms with Crippen molar-refractivity contribution in [2.45, 2.75) is 12.4 Å². The lowest BCUT2D eigenvalue weighted by atomic mass is 10.0. The largest absolute Gasteiger partial charge is 0.431 e. The lowest BCUT2D eigenvalue weighted by molar-refractivity contribution is -0.143. The summed E-state index contributed by atoms with van der Waals surface area (Å²) in [7, 11) is 0. The maximum atomic E-state index is 12.8. The predicted molar refractivity (Wildman–Crippen MR) is 81.7 cm³/mol. The first kappa shape index (κ1) is 21.1. The van der Waals surface area contributed by atoms with Crippen LogP contribution in [0.5, 0.6) is 0 Å². The van der Waals surface area contributed by atoms with Gasteiger partial charge in [0.15, 0.2) is 5.78 Å². The summed E-state index contributed by atoms with van der Waals surface area (Å²) in [5.74, 6) is -2.86. The number of alkyl halides is 6. The molecule has 0 fully saturated rings. The Morgan fingerprint density at radius 1 is 0.786 bits per heavy atom. The fraction of sp³-hybridized carbons (Fsp3) is 0.111. The van der Waals surface area contributed by atoms with Crippen molar-refractivity contribution in [3.8, 4) is 0 Å². The third-order valence-corrected chi connectivity index (χ3v) is 3.35. The topological polar surface area (TPSA) is 43.4 Å². The van der Waals surface area contributed by atoms with Crippen LogP contribution in [-0.4, -0.2) is 11.8 Å². The van der Waals surface area contributed by atoms with Crippen LogP contribution >= 0.6 is 0 Å². The summed E-state index contributed by atoms with van der Waals surface area (Å²) in [5, 5.41) is 0. The summed E-state index contributed by atoms with van der Waals surface area (Å²) in [5.41, 5.74) is -4.34. The van der Waals surface area contributed by atoms with E-state index >= 15 is 0 Å². The fourth-order valence-electron chi connectivity index (χ4n) is 2.01. The van der Waals surface area contributed by atoms with Gasteiger partial charge < -0.3 is 4.74 Å². The van der Waals surface area contributed by atoms with Gasteiger partial charge in [0.25, 0.3) is 0 Å². The predicted octanol–water partition coefficient (Wildman–Crippen LogP) is 5.42. The van der Waals surface area contributed by atoms with Gasteiger partial charge in [-0.15, -0.1) is 0 Å². The van der Waals surface area contributed by atoms with Crippen molar-refractivity contribution >= 4 is 11.8 Å². The molecule has 0 saturated heterocycles. The quantitative estimate of drug-likeness (QED) is 0.224. The van der Waals surface area contributed by atoms with Crippen LogP contribution in [0, 0.1) is 5.82 Å². The average Bonchev–Trinajstić information content (AvgIpc) is 2.60. The number of carbonyl (C=O) groups excluding carboxylic acids is 2. The molecule has 0 bridgehead atoms. The van der Waals surface area contributed by atoms with Crippen LogP contribution < -0.4 is 0 Å². The van der Waals surface area contributed by atoms with E-state index in [9.17, 15) is 40.3 Å². The van der Waals surface area contributed by atoms with E-state index in [2.05, 4.69) is 4.74 Å². The molecule has 2 rings (SSSR count). The van der Waals surface area contributed by atoms with Crippen molar-refractivity contribution in [2.75, 3.05) is 0 Å². The molecule has 0 aromatic heterocycles. The maximum Gasteiger partial charge on any atom is 0.416 e. The molecule has 2 aromatic carbocycles. The number of esters is 1. The Bertz CT molecular complexity index is 878. The number of halogens is 7. The lowest BCUT2D eigenvalue weighted by Gasteiger charge is -2.13. The molecule has 0 aliphatic heterocycles. The highest BCUT2D eigenvalue weighted by molar-refractivity contribution is 6.04. The molecule has 148 valence electrons. The molecule has 10 heteroatoms. The number of carbonyl (C=O) groups is 2. The first-order chi connectivity index (χ1) is 12.9. The Hall–Kier alpha value is -3.17. The van der Waals surface area contributed by atoms with Crippen molar-refractivity contribution in [2.24, 2.45) is 0 Å². The summed E-state index contributed by atoms with van der Waals surface area (Å²) < 4.78 is 93.8. The number of hydrogen-bond acceptors (Lipinski definition) is 3. The van der Waals surface area contributed by atoms with E-state index < -0.39 is 46.6 Å². The lowest BCUT2D eigenvalue weighted by Crippen LogP contribution is -2.14. The van der Waals surface area contributed by atoms with Crippen LogP contribution in [0.15, 0.2) is 54.8 Å². The Labute approximate surface area is 153 Å². The van der Waals surface area contributed by atoms with E-state index in [0.29, 0.717) is 12.3 Å². The highest BCUT2D eigenvalue weighted by atomic mass is 19.4. The summed E-state index contributed by atoms with van der Waals surface area (Å²) in [6.07, 6.45) is -9.01. The summed E-state index contributed by atoms with van der Waals surface area (Å²) in [6, 6.07) is 4.52. The van der Waals surface area contributed by atoms with Gasteiger partial charge in [0.2, 0.25) is 0 Å². The Balaban J connectivity index is 2.21. The van der Waals surface area contributed by atoms with Crippen molar-refractivity contribution < 1.29 is 45.1 Å². The maximum absolute atomic E-state index is 12.8. The summed E-state index contributed by atoms with van der Waals surface area (Å²) >= 11 is 0. The number of ether oxygens (including phenoxy) is 1. The van der Waals surface area contributed by atoms with Crippen LogP contribution in [-0.2, 0) is 17.1 Å². The van der Waals surface area contributed by atoms with Gasteiger partial charge in [-0.05, 0) is 42.5 Å². The van der Waals surface area contributed by atoms with Gasteiger partial charge in [-0.1, -0.05) is 0 Å². The molecule has 0 unspecified atom stereocenters. The van der Waals surface area contributed by atoms with Gasteiger partial charge in [-0.3, -0.25) is 4.79 Å². The molecule has 0 heterocycles. The molecule has 0 radical (unpaired) electrons. The van der Waals surface area contributed by atoms with Crippen molar-refractivity contribution in [3.05, 3.63) is 82.9 Å². The molecule has 0 spiro atoms. The number of hydrogen-bond donors (Lipinski definition) is 0. The number of ketones is 1. The first-order valence-corrected chi connectivity index (χ1v) is 7.35. The van der Waals surface area contributed by atoms with Gasteiger partial charge >= 0.3 is 18.3 Å². The molecule has 3 nitrogen and oxygen atoms in total. The van der Waals surface area contributed by atoms with Gasteiger partial charge in [0.05, 0.1) is 23.0 Å². The zero-order valence-electron chi connectivity index (χ0n) is 13.6. The van der Waals surface area contributed by atoms with E-state index in [4.69, 9.17) is 0 Å². The molecule has 0 N–H and O–H groups in total. The molecule has 0 saturated carbocycles. The van der Waals surface area contributed by atoms with Crippen LogP contribution in [0.4, 0.5) is 30.7 Å². The van der Waals surface area contributed by atoms with Crippen LogP contribution in [0.3, 0.4) is 0 Å². The molecule has 28 heavy (non-hydrogen) atoms. The third-order valence-electron chi connectivity index (χ3n) is 3.35. The van der Waals surface area contributed by atoms with E-state index in [-0.39, 0.29) is 23.8 Å². The molecular weight excluding hydrogens is 397 g/mol. The minimum absolute atomic E-state index is 0.0205. The van der Waals surface area contributed by atoms with Crippen LogP contribution in [0.1, 0.15) is 31.8 Å². The summed E-state index contributed by atoms with van der Waals surface area (Å²) in [4.78, 5) is 23.5. The standard InChI is InChI=1S/C18H9F7O3/c19-14-3-1-10(2-4-14)15(26)5-6-28-16(27)11-7-12(17(20,21)22)9-13(8-11)18(23,24)25/h1-9H. The molecule has 0 aliphatic rings. The zero-order valence-corrected chi connectivity index (χ0v) is 13.6. The fourth-order valence-corrected chi connectivity index (χ4v) is 2.01. The average molecular weight is 406 g/mol. The van der Waals surface area contributed by atoms with Crippen molar-refractivity contribution in [1.82, 2.24) is 0 Å². The van der Waals surface area contributed by atoms with Gasteiger partial charge in [-0.2, -0.15) is 26.3 Å². The monoisotopic (exact) mass is 406 g/mol. The SMILES string of the molecule is O=C(C=COC(=O)c1cc(C(F)(F)F)cc(C(F)(F)F)c1)c1ccc(F)cc1. The normalized spacial score (nSPS) is 12.2. The molecule has 0 atom stereocenters. The minimum atomic E-state index is -5.12. The highest BCUT2D eigenvalue weighted by Crippen LogP contribution is 2.36. The van der Waals surface area contributed by atoms with Gasteiger partial charge in [0.1, 0.15) is 5.82 Å². The van der Waals surface area contributed by atoms with E-state index in [0.717, 1.165) is 24.3 Å². The van der Waals surface area contributed by atoms with E-state index in [1.807, 2.05) is 0 Å². The smallest absolute Gasteiger partial charge is 0.416 e. The van der Waals surface area contributed by atoms with Gasteiger partial charge in [-0.25, -0.2) is 9.18 Å². The number of benzene rings is 2. The molecule has 0 amide bonds. The highest BCUT2D eigenvalue weighted by Gasteiger charge is 2.37. The first-order valence-electron chi connectivity index (χ1n) is 7.35. The van der Waals surface area contributed by atoms with E-state index in [1.165, 1.54) is 0 Å². The van der Waals surface area contributed by atoms with Gasteiger partial charge in [0, 0.05) is 11.6 Å². The second kappa shape index (κ2) is 7.83. The minimum Gasteiger partial charge on any atom is -0.431 e. The number of rotatable bonds is 4. The Morgan fingerprint density at radius 2 is 1.29 bits per heavy atom. The third kappa shape index (κ3) is 5.41. The zero-order chi connectivity index (χ0) is 21.1. The molecule has 0 aliphatic carbocycles. The van der Waals surface area contributed by atoms with Crippen LogP contribution in [0.2, 0.25) is 0 Å². The second-order valence-electron chi connectivity index (χ2n) is 5.37. The van der Waals surface area contributed by atoms with Crippen molar-refractivity contribution in [1.29, 1.82) is 0 Å². The second-order valence-corrected chi connectivity index (χ2v) is 5.37. The number of allylic oxidation sites excluding steroid dienone is 1. The Morgan fingerprint density at radius 3 is 1.75 bits per heavy atom. The van der Waals surface area contributed by atoms with Crippen LogP contribution in [0.25, 0.3) is 0 Å². The molecule has 2 aromatic rings. The summed E-state index contributed by atoms with van der Waals surface area (Å²) in [6.45, 7) is 0.